The van der Waals surface area contributed by atoms with E-state index in [2.05, 4.69) is 31.6 Å². The molecule has 0 bridgehead atoms. The van der Waals surface area contributed by atoms with E-state index in [1.54, 1.807) is 39.9 Å². The minimum Gasteiger partial charge on any atom is -0.395 e. The number of aryl methyl sites for hydroxylation is 1. The van der Waals surface area contributed by atoms with Crippen LogP contribution in [-0.2, 0) is 23.5 Å². The zero-order valence-electron chi connectivity index (χ0n) is 26.4. The van der Waals surface area contributed by atoms with E-state index in [9.17, 15) is 19.8 Å². The molecule has 1 unspecified atom stereocenters. The molecule has 244 valence electrons. The lowest BCUT2D eigenvalue weighted by Crippen LogP contribution is -2.44. The second kappa shape index (κ2) is 14.5. The molecule has 5 aromatic rings. The van der Waals surface area contributed by atoms with Gasteiger partial charge in [-0.25, -0.2) is 0 Å². The number of nitrogens with zero attached hydrogens (tertiary/aromatic N) is 4. The normalized spacial score (nSPS) is 17.0. The predicted octanol–water partition coefficient (Wildman–Crippen LogP) is 6.43. The third-order valence-corrected chi connectivity index (χ3v) is 9.22. The van der Waals surface area contributed by atoms with E-state index in [-0.39, 0.29) is 25.0 Å². The average Bonchev–Trinajstić information content (AvgIpc) is 3.66. The van der Waals surface area contributed by atoms with Crippen molar-refractivity contribution in [2.24, 2.45) is 5.92 Å². The molecule has 4 aromatic carbocycles. The number of rotatable bonds is 12. The number of halogens is 1. The van der Waals surface area contributed by atoms with E-state index in [1.165, 1.54) is 0 Å². The number of aliphatic hydroxyl groups excluding tert-OH is 1. The highest BCUT2D eigenvalue weighted by molar-refractivity contribution is 9.10. The van der Waals surface area contributed by atoms with E-state index in [0.717, 1.165) is 15.6 Å². The fourth-order valence-corrected chi connectivity index (χ4v) is 6.39. The minimum absolute atomic E-state index is 0.0698. The van der Waals surface area contributed by atoms with Gasteiger partial charge >= 0.3 is 0 Å². The first-order chi connectivity index (χ1) is 23.3. The van der Waals surface area contributed by atoms with Gasteiger partial charge in [0, 0.05) is 39.9 Å². The summed E-state index contributed by atoms with van der Waals surface area (Å²) in [7, 11) is 0. The molecule has 0 radical (unpaired) electrons. The molecule has 2 heterocycles. The lowest BCUT2D eigenvalue weighted by Gasteiger charge is -2.27. The topological polar surface area (TPSA) is 121 Å². The monoisotopic (exact) mass is 705 g/mol. The number of aliphatic hydroxyl groups is 2. The van der Waals surface area contributed by atoms with Crippen molar-refractivity contribution in [1.82, 2.24) is 15.0 Å². The summed E-state index contributed by atoms with van der Waals surface area (Å²) in [4.78, 5) is 28.2. The number of benzene rings is 4. The van der Waals surface area contributed by atoms with E-state index in [1.807, 2.05) is 98.1 Å². The number of hydrogen-bond donors (Lipinski definition) is 3. The number of anilines is 2. The Morgan fingerprint density at radius 2 is 1.71 bits per heavy atom. The Labute approximate surface area is 287 Å². The molecule has 9 nitrogen and oxygen atoms in total. The van der Waals surface area contributed by atoms with Crippen LogP contribution < -0.4 is 10.2 Å². The summed E-state index contributed by atoms with van der Waals surface area (Å²) < 4.78 is 2.50. The fraction of sp³-hybridized carbons (Fsp3) is 0.211. The van der Waals surface area contributed by atoms with Crippen LogP contribution in [0.5, 0.6) is 0 Å². The van der Waals surface area contributed by atoms with Gasteiger partial charge in [0.15, 0.2) is 5.60 Å². The second-order valence-corrected chi connectivity index (χ2v) is 12.8. The molecule has 1 aliphatic rings. The smallest absolute Gasteiger partial charge is 0.264 e. The fourth-order valence-electron chi connectivity index (χ4n) is 6.03. The molecule has 3 N–H and O–H groups in total. The van der Waals surface area contributed by atoms with Gasteiger partial charge in [-0.1, -0.05) is 101 Å². The first-order valence-corrected chi connectivity index (χ1v) is 16.6. The number of fused-ring (bicyclic) bond motifs is 1. The van der Waals surface area contributed by atoms with Crippen LogP contribution in [0.3, 0.4) is 0 Å². The largest absolute Gasteiger partial charge is 0.395 e. The standard InChI is InChI=1S/C38H36BrN5O4/c1-26(10-8-9-21-43-24-34(41-42-43)32(25-45)28-11-4-2-5-12-28)38(48)33-22-30(39)17-20-35(33)44(37(38)47)23-27-15-18-31(19-16-27)40-36(46)29-13-6-3-7-14-29/h2-8,10-20,22,24,26,32,45,48H,9,21,23,25H2,1H3,(H,40,46)/b10-8+/t26-,32?,38+/m1/s1. The summed E-state index contributed by atoms with van der Waals surface area (Å²) in [6.07, 6.45) is 6.26. The number of carbonyl (C=O) groups is 2. The molecule has 1 aromatic heterocycles. The van der Waals surface area contributed by atoms with Gasteiger partial charge in [-0.15, -0.1) is 5.10 Å². The quantitative estimate of drug-likeness (QED) is 0.129. The highest BCUT2D eigenvalue weighted by Crippen LogP contribution is 2.46. The van der Waals surface area contributed by atoms with Gasteiger partial charge in [0.25, 0.3) is 11.8 Å². The van der Waals surface area contributed by atoms with Crippen LogP contribution in [0.4, 0.5) is 11.4 Å². The minimum atomic E-state index is -1.76. The van der Waals surface area contributed by atoms with Crippen molar-refractivity contribution < 1.29 is 19.8 Å². The van der Waals surface area contributed by atoms with Crippen LogP contribution >= 0.6 is 15.9 Å². The Hall–Kier alpha value is -4.90. The van der Waals surface area contributed by atoms with Gasteiger partial charge in [0.2, 0.25) is 0 Å². The van der Waals surface area contributed by atoms with Crippen molar-refractivity contribution in [3.8, 4) is 0 Å². The number of allylic oxidation sites excluding steroid dienone is 1. The lowest BCUT2D eigenvalue weighted by atomic mass is 9.83. The molecule has 1 aliphatic heterocycles. The van der Waals surface area contributed by atoms with E-state index >= 15 is 0 Å². The molecule has 2 amide bonds. The summed E-state index contributed by atoms with van der Waals surface area (Å²) in [6.45, 7) is 2.57. The number of carbonyl (C=O) groups excluding carboxylic acids is 2. The van der Waals surface area contributed by atoms with Gasteiger partial charge in [0.05, 0.1) is 30.5 Å². The van der Waals surface area contributed by atoms with E-state index < -0.39 is 17.4 Å². The molecule has 6 rings (SSSR count). The molecule has 0 aliphatic carbocycles. The maximum Gasteiger partial charge on any atom is 0.264 e. The van der Waals surface area contributed by atoms with Crippen LogP contribution in [0.25, 0.3) is 0 Å². The van der Waals surface area contributed by atoms with Gasteiger partial charge in [0.1, 0.15) is 0 Å². The zero-order valence-corrected chi connectivity index (χ0v) is 28.0. The molecular formula is C38H36BrN5O4. The van der Waals surface area contributed by atoms with Crippen LogP contribution in [0.2, 0.25) is 0 Å². The summed E-state index contributed by atoms with van der Waals surface area (Å²) in [5.41, 5.74) is 3.17. The third kappa shape index (κ3) is 6.87. The van der Waals surface area contributed by atoms with Crippen LogP contribution in [0.1, 0.15) is 52.0 Å². The maximum absolute atomic E-state index is 14.0. The van der Waals surface area contributed by atoms with Gasteiger partial charge in [-0.2, -0.15) is 0 Å². The maximum atomic E-state index is 14.0. The predicted molar refractivity (Wildman–Crippen MR) is 188 cm³/mol. The highest BCUT2D eigenvalue weighted by Gasteiger charge is 2.52. The lowest BCUT2D eigenvalue weighted by molar-refractivity contribution is -0.139. The van der Waals surface area contributed by atoms with Gasteiger partial charge in [-0.05, 0) is 60.0 Å². The molecular weight excluding hydrogens is 670 g/mol. The Morgan fingerprint density at radius 3 is 2.42 bits per heavy atom. The summed E-state index contributed by atoms with van der Waals surface area (Å²) in [5, 5.41) is 33.4. The Morgan fingerprint density at radius 1 is 1.00 bits per heavy atom. The van der Waals surface area contributed by atoms with Crippen molar-refractivity contribution in [2.75, 3.05) is 16.8 Å². The molecule has 3 atom stereocenters. The second-order valence-electron chi connectivity index (χ2n) is 11.9. The molecule has 0 saturated heterocycles. The van der Waals surface area contributed by atoms with E-state index in [4.69, 9.17) is 0 Å². The molecule has 0 fully saturated rings. The molecule has 0 saturated carbocycles. The first-order valence-electron chi connectivity index (χ1n) is 15.8. The Kier molecular flexibility index (Phi) is 9.95. The molecule has 10 heteroatoms. The molecule has 0 spiro atoms. The van der Waals surface area contributed by atoms with Crippen molar-refractivity contribution in [3.63, 3.8) is 0 Å². The van der Waals surface area contributed by atoms with Crippen LogP contribution in [0, 0.1) is 5.92 Å². The van der Waals surface area contributed by atoms with Crippen LogP contribution in [-0.4, -0.2) is 43.6 Å². The van der Waals surface area contributed by atoms with Gasteiger partial charge < -0.3 is 20.4 Å². The van der Waals surface area contributed by atoms with Crippen molar-refractivity contribution in [1.29, 1.82) is 0 Å². The van der Waals surface area contributed by atoms with Crippen molar-refractivity contribution in [2.45, 2.75) is 38.0 Å². The van der Waals surface area contributed by atoms with Crippen molar-refractivity contribution >= 4 is 39.1 Å². The van der Waals surface area contributed by atoms with E-state index in [0.29, 0.717) is 41.2 Å². The van der Waals surface area contributed by atoms with Gasteiger partial charge in [-0.3, -0.25) is 14.3 Å². The number of aromatic nitrogens is 3. The summed E-state index contributed by atoms with van der Waals surface area (Å²) in [5.74, 6) is -1.37. The zero-order chi connectivity index (χ0) is 33.7. The summed E-state index contributed by atoms with van der Waals surface area (Å²) >= 11 is 3.51. The Balaban J connectivity index is 1.12. The van der Waals surface area contributed by atoms with Crippen LogP contribution in [0.15, 0.2) is 126 Å². The third-order valence-electron chi connectivity index (χ3n) is 8.73. The average molecular weight is 707 g/mol. The first kappa shape index (κ1) is 33.0. The Bertz CT molecular complexity index is 1910. The number of amides is 2. The summed E-state index contributed by atoms with van der Waals surface area (Å²) in [6, 6.07) is 31.6. The SMILES string of the molecule is C[C@H](/C=C/CCn1cc(C(CO)c2ccccc2)nn1)[C@@]1(O)C(=O)N(Cc2ccc(NC(=O)c3ccccc3)cc2)c2ccc(Br)cc21. The molecule has 48 heavy (non-hydrogen) atoms. The van der Waals surface area contributed by atoms with Crippen molar-refractivity contribution in [3.05, 3.63) is 154 Å². The number of nitrogens with one attached hydrogen (secondary N) is 1. The number of hydrogen-bond acceptors (Lipinski definition) is 6. The highest BCUT2D eigenvalue weighted by atomic mass is 79.9.